The normalized spacial score (nSPS) is 21.0. The number of anilines is 1. The summed E-state index contributed by atoms with van der Waals surface area (Å²) in [6.07, 6.45) is 3.62. The summed E-state index contributed by atoms with van der Waals surface area (Å²) >= 11 is 0. The van der Waals surface area contributed by atoms with Crippen molar-refractivity contribution >= 4 is 11.5 Å². The lowest BCUT2D eigenvalue weighted by molar-refractivity contribution is -0.137. The summed E-state index contributed by atoms with van der Waals surface area (Å²) in [5.41, 5.74) is 0.818. The molecule has 8 heteroatoms. The van der Waals surface area contributed by atoms with Gasteiger partial charge in [-0.1, -0.05) is 12.1 Å². The molecule has 5 nitrogen and oxygen atoms in total. The first kappa shape index (κ1) is 20.7. The Labute approximate surface area is 172 Å². The summed E-state index contributed by atoms with van der Waals surface area (Å²) in [5, 5.41) is 17.3. The lowest BCUT2D eigenvalue weighted by atomic mass is 9.83. The molecule has 0 aliphatic heterocycles. The number of alkyl halides is 3. The highest BCUT2D eigenvalue weighted by Crippen LogP contribution is 2.33. The quantitative estimate of drug-likeness (QED) is 0.601. The summed E-state index contributed by atoms with van der Waals surface area (Å²) in [6, 6.07) is 7.35. The molecule has 1 atom stereocenters. The average Bonchev–Trinajstić information content (AvgIpc) is 3.12. The Balaban J connectivity index is 1.53. The number of rotatable bonds is 5. The number of nitrogens with one attached hydrogen (secondary N) is 1. The van der Waals surface area contributed by atoms with E-state index in [4.69, 9.17) is 0 Å². The molecule has 2 N–H and O–H groups in total. The highest BCUT2D eigenvalue weighted by Gasteiger charge is 2.30. The Morgan fingerprint density at radius 2 is 1.97 bits per heavy atom. The zero-order valence-corrected chi connectivity index (χ0v) is 16.7. The Morgan fingerprint density at radius 3 is 2.67 bits per heavy atom. The second-order valence-electron chi connectivity index (χ2n) is 8.16. The van der Waals surface area contributed by atoms with E-state index in [-0.39, 0.29) is 6.10 Å². The van der Waals surface area contributed by atoms with Gasteiger partial charge in [-0.2, -0.15) is 18.3 Å². The third kappa shape index (κ3) is 4.59. The van der Waals surface area contributed by atoms with Crippen molar-refractivity contribution in [3.05, 3.63) is 48.3 Å². The van der Waals surface area contributed by atoms with Crippen LogP contribution in [0.15, 0.2) is 42.7 Å². The number of aliphatic hydroxyl groups excluding tert-OH is 1. The van der Waals surface area contributed by atoms with E-state index >= 15 is 0 Å². The van der Waals surface area contributed by atoms with E-state index in [2.05, 4.69) is 15.4 Å². The second kappa shape index (κ2) is 8.26. The molecule has 0 amide bonds. The number of hydrogen-bond acceptors (Lipinski definition) is 4. The molecule has 0 bridgehead atoms. The van der Waals surface area contributed by atoms with Gasteiger partial charge in [0.15, 0.2) is 5.65 Å². The molecule has 1 aliphatic carbocycles. The molecule has 0 spiro atoms. The molecule has 0 saturated heterocycles. The lowest BCUT2D eigenvalue weighted by Crippen LogP contribution is -2.27. The second-order valence-corrected chi connectivity index (χ2v) is 8.16. The van der Waals surface area contributed by atoms with E-state index in [0.29, 0.717) is 34.6 Å². The van der Waals surface area contributed by atoms with Crippen molar-refractivity contribution in [1.82, 2.24) is 14.6 Å². The molecule has 1 saturated carbocycles. The fourth-order valence-corrected chi connectivity index (χ4v) is 4.25. The van der Waals surface area contributed by atoms with Gasteiger partial charge in [-0.25, -0.2) is 9.50 Å². The van der Waals surface area contributed by atoms with Crippen LogP contribution in [0.1, 0.15) is 44.6 Å². The van der Waals surface area contributed by atoms with Gasteiger partial charge in [-0.15, -0.1) is 0 Å². The highest BCUT2D eigenvalue weighted by molar-refractivity contribution is 5.78. The Bertz CT molecular complexity index is 1010. The van der Waals surface area contributed by atoms with Crippen LogP contribution in [0.5, 0.6) is 0 Å². The van der Waals surface area contributed by atoms with Gasteiger partial charge in [0, 0.05) is 17.8 Å². The van der Waals surface area contributed by atoms with Gasteiger partial charge in [0.2, 0.25) is 0 Å². The summed E-state index contributed by atoms with van der Waals surface area (Å²) in [7, 11) is 0. The number of fused-ring (bicyclic) bond motifs is 1. The maximum absolute atomic E-state index is 13.1. The number of aromatic nitrogens is 3. The van der Waals surface area contributed by atoms with E-state index in [1.54, 1.807) is 23.0 Å². The van der Waals surface area contributed by atoms with E-state index in [1.807, 2.05) is 13.0 Å². The summed E-state index contributed by atoms with van der Waals surface area (Å²) in [4.78, 5) is 4.63. The van der Waals surface area contributed by atoms with Gasteiger partial charge >= 0.3 is 6.18 Å². The summed E-state index contributed by atoms with van der Waals surface area (Å²) < 4.78 is 40.8. The molecule has 160 valence electrons. The first-order chi connectivity index (χ1) is 14.3. The molecule has 1 aliphatic rings. The number of halogens is 3. The van der Waals surface area contributed by atoms with E-state index in [9.17, 15) is 18.3 Å². The molecule has 2 aromatic heterocycles. The van der Waals surface area contributed by atoms with E-state index in [1.165, 1.54) is 6.07 Å². The van der Waals surface area contributed by atoms with Crippen LogP contribution in [-0.2, 0) is 6.18 Å². The SMILES string of the molecule is CC(O)CC1CCC(Nc2ccn3ncc(-c4cccc(C(F)(F)F)c4)c3n2)CC1. The van der Waals surface area contributed by atoms with Crippen molar-refractivity contribution in [3.63, 3.8) is 0 Å². The topological polar surface area (TPSA) is 62.5 Å². The largest absolute Gasteiger partial charge is 0.416 e. The maximum Gasteiger partial charge on any atom is 0.416 e. The maximum atomic E-state index is 13.1. The van der Waals surface area contributed by atoms with Crippen LogP contribution >= 0.6 is 0 Å². The van der Waals surface area contributed by atoms with Crippen molar-refractivity contribution in [2.45, 2.75) is 57.3 Å². The predicted octanol–water partition coefficient (Wildman–Crippen LogP) is 5.16. The highest BCUT2D eigenvalue weighted by atomic mass is 19.4. The van der Waals surface area contributed by atoms with E-state index < -0.39 is 11.7 Å². The van der Waals surface area contributed by atoms with Gasteiger partial charge in [0.05, 0.1) is 17.9 Å². The van der Waals surface area contributed by atoms with Crippen molar-refractivity contribution in [2.24, 2.45) is 5.92 Å². The summed E-state index contributed by atoms with van der Waals surface area (Å²) in [6.45, 7) is 1.83. The molecule has 1 unspecified atom stereocenters. The van der Waals surface area contributed by atoms with Gasteiger partial charge in [-0.3, -0.25) is 0 Å². The summed E-state index contributed by atoms with van der Waals surface area (Å²) in [5.74, 6) is 1.25. The standard InChI is InChI=1S/C22H25F3N4O/c1-14(30)11-15-5-7-18(8-6-15)27-20-9-10-29-21(28-20)19(13-26-29)16-3-2-4-17(12-16)22(23,24)25/h2-4,9-10,12-15,18,30H,5-8,11H2,1H3,(H,27,28). The van der Waals surface area contributed by atoms with Crippen LogP contribution in [0.2, 0.25) is 0 Å². The molecular formula is C22H25F3N4O. The van der Waals surface area contributed by atoms with Gasteiger partial charge in [0.1, 0.15) is 5.82 Å². The fraction of sp³-hybridized carbons (Fsp3) is 0.455. The molecule has 1 fully saturated rings. The fourth-order valence-electron chi connectivity index (χ4n) is 4.25. The van der Waals surface area contributed by atoms with Crippen molar-refractivity contribution in [2.75, 3.05) is 5.32 Å². The molecule has 3 aromatic rings. The Kier molecular flexibility index (Phi) is 5.69. The molecule has 4 rings (SSSR count). The average molecular weight is 418 g/mol. The van der Waals surface area contributed by atoms with Gasteiger partial charge < -0.3 is 10.4 Å². The van der Waals surface area contributed by atoms with Crippen LogP contribution in [0, 0.1) is 5.92 Å². The molecule has 0 radical (unpaired) electrons. The van der Waals surface area contributed by atoms with Crippen LogP contribution in [0.25, 0.3) is 16.8 Å². The number of nitrogens with zero attached hydrogens (tertiary/aromatic N) is 3. The number of benzene rings is 1. The third-order valence-corrected chi connectivity index (χ3v) is 5.74. The minimum absolute atomic E-state index is 0.264. The van der Waals surface area contributed by atoms with Crippen LogP contribution in [-0.4, -0.2) is 31.9 Å². The van der Waals surface area contributed by atoms with Crippen molar-refractivity contribution in [3.8, 4) is 11.1 Å². The molecule has 30 heavy (non-hydrogen) atoms. The Hall–Kier alpha value is -2.61. The minimum Gasteiger partial charge on any atom is -0.393 e. The predicted molar refractivity (Wildman–Crippen MR) is 109 cm³/mol. The monoisotopic (exact) mass is 418 g/mol. The first-order valence-corrected chi connectivity index (χ1v) is 10.3. The third-order valence-electron chi connectivity index (χ3n) is 5.74. The number of aliphatic hydroxyl groups is 1. The van der Waals surface area contributed by atoms with Gasteiger partial charge in [0.25, 0.3) is 0 Å². The molecular weight excluding hydrogens is 393 g/mol. The van der Waals surface area contributed by atoms with Gasteiger partial charge in [-0.05, 0) is 68.7 Å². The zero-order valence-electron chi connectivity index (χ0n) is 16.7. The van der Waals surface area contributed by atoms with Crippen LogP contribution in [0.3, 0.4) is 0 Å². The first-order valence-electron chi connectivity index (χ1n) is 10.3. The van der Waals surface area contributed by atoms with Crippen molar-refractivity contribution in [1.29, 1.82) is 0 Å². The Morgan fingerprint density at radius 1 is 1.20 bits per heavy atom. The lowest BCUT2D eigenvalue weighted by Gasteiger charge is -2.30. The molecule has 1 aromatic carbocycles. The minimum atomic E-state index is -4.40. The van der Waals surface area contributed by atoms with E-state index in [0.717, 1.165) is 44.2 Å². The zero-order chi connectivity index (χ0) is 21.3. The van der Waals surface area contributed by atoms with Crippen molar-refractivity contribution < 1.29 is 18.3 Å². The van der Waals surface area contributed by atoms with Crippen LogP contribution < -0.4 is 5.32 Å². The van der Waals surface area contributed by atoms with Crippen LogP contribution in [0.4, 0.5) is 19.0 Å². The number of hydrogen-bond donors (Lipinski definition) is 2. The smallest absolute Gasteiger partial charge is 0.393 e. The molecule has 2 heterocycles.